The second-order valence-corrected chi connectivity index (χ2v) is 7.68. The third-order valence-corrected chi connectivity index (χ3v) is 4.83. The molecule has 3 aromatic carbocycles. The lowest BCUT2D eigenvalue weighted by Crippen LogP contribution is -2.18. The number of nitrogens with zero attached hydrogens (tertiary/aromatic N) is 1. The number of hydrazone groups is 1. The summed E-state index contributed by atoms with van der Waals surface area (Å²) in [6, 6.07) is 16.1. The topological polar surface area (TPSA) is 69.2 Å². The van der Waals surface area contributed by atoms with Gasteiger partial charge < -0.3 is 14.2 Å². The van der Waals surface area contributed by atoms with Crippen LogP contribution in [0, 0.1) is 5.82 Å². The van der Waals surface area contributed by atoms with Gasteiger partial charge in [-0.1, -0.05) is 30.7 Å². The lowest BCUT2D eigenvalue weighted by Gasteiger charge is -2.12. The molecule has 3 aromatic rings. The predicted octanol–water partition coefficient (Wildman–Crippen LogP) is 6.01. The van der Waals surface area contributed by atoms with Crippen molar-refractivity contribution in [1.29, 1.82) is 0 Å². The molecule has 0 aliphatic carbocycles. The number of carbonyl (C=O) groups excluding carboxylic acids is 1. The molecule has 0 heterocycles. The summed E-state index contributed by atoms with van der Waals surface area (Å²) in [5, 5.41) is 4.52. The van der Waals surface area contributed by atoms with Crippen LogP contribution < -0.4 is 19.6 Å². The number of nitrogens with one attached hydrogen (secondary N) is 1. The van der Waals surface area contributed by atoms with Crippen molar-refractivity contribution in [2.24, 2.45) is 5.10 Å². The van der Waals surface area contributed by atoms with Crippen LogP contribution in [-0.2, 0) is 6.61 Å². The van der Waals surface area contributed by atoms with Crippen LogP contribution in [0.1, 0.15) is 41.8 Å². The lowest BCUT2D eigenvalue weighted by molar-refractivity contribution is 0.0954. The Labute approximate surface area is 203 Å². The zero-order valence-electron chi connectivity index (χ0n) is 19.0. The van der Waals surface area contributed by atoms with Crippen LogP contribution >= 0.6 is 11.6 Å². The fourth-order valence-electron chi connectivity index (χ4n) is 3.01. The highest BCUT2D eigenvalue weighted by molar-refractivity contribution is 6.30. The average Bonchev–Trinajstić information content (AvgIpc) is 2.83. The minimum Gasteiger partial charge on any atom is -0.490 e. The highest BCUT2D eigenvalue weighted by Crippen LogP contribution is 2.29. The Morgan fingerprint density at radius 2 is 1.82 bits per heavy atom. The van der Waals surface area contributed by atoms with Crippen molar-refractivity contribution in [3.63, 3.8) is 0 Å². The van der Waals surface area contributed by atoms with E-state index in [9.17, 15) is 9.18 Å². The lowest BCUT2D eigenvalue weighted by atomic mass is 10.2. The standard InChI is InChI=1S/C26H26ClFN2O4/c1-3-12-33-24-10-8-19(15-25(24)32-4-2)26(31)30-29-16-20-14-21(27)9-11-23(20)34-17-18-6-5-7-22(28)13-18/h5-11,13-16H,3-4,12,17H2,1-2H3,(H,30,31)/b29-16+. The molecule has 0 atom stereocenters. The molecule has 8 heteroatoms. The van der Waals surface area contributed by atoms with Crippen molar-refractivity contribution in [1.82, 2.24) is 5.43 Å². The van der Waals surface area contributed by atoms with E-state index in [4.69, 9.17) is 25.8 Å². The van der Waals surface area contributed by atoms with E-state index >= 15 is 0 Å². The van der Waals surface area contributed by atoms with Crippen LogP contribution in [0.4, 0.5) is 4.39 Å². The predicted molar refractivity (Wildman–Crippen MR) is 131 cm³/mol. The molecule has 178 valence electrons. The Morgan fingerprint density at radius 3 is 2.59 bits per heavy atom. The zero-order valence-corrected chi connectivity index (χ0v) is 19.8. The number of benzene rings is 3. The molecular formula is C26H26ClFN2O4. The number of amides is 1. The van der Waals surface area contributed by atoms with Gasteiger partial charge in [-0.25, -0.2) is 9.82 Å². The van der Waals surface area contributed by atoms with Gasteiger partial charge in [-0.3, -0.25) is 4.79 Å². The zero-order chi connectivity index (χ0) is 24.3. The molecule has 0 radical (unpaired) electrons. The van der Waals surface area contributed by atoms with Gasteiger partial charge in [-0.2, -0.15) is 5.10 Å². The van der Waals surface area contributed by atoms with Gasteiger partial charge in [-0.05, 0) is 67.4 Å². The summed E-state index contributed by atoms with van der Waals surface area (Å²) >= 11 is 6.11. The highest BCUT2D eigenvalue weighted by atomic mass is 35.5. The van der Waals surface area contributed by atoms with Crippen molar-refractivity contribution < 1.29 is 23.4 Å². The second kappa shape index (κ2) is 12.6. The van der Waals surface area contributed by atoms with Crippen LogP contribution in [0.3, 0.4) is 0 Å². The van der Waals surface area contributed by atoms with E-state index in [0.29, 0.717) is 52.2 Å². The Balaban J connectivity index is 1.69. The first-order chi connectivity index (χ1) is 16.5. The minimum atomic E-state index is -0.413. The molecule has 0 aromatic heterocycles. The van der Waals surface area contributed by atoms with Crippen LogP contribution in [-0.4, -0.2) is 25.3 Å². The Bertz CT molecular complexity index is 1150. The number of halogens is 2. The quantitative estimate of drug-likeness (QED) is 0.267. The number of hydrogen-bond donors (Lipinski definition) is 1. The summed E-state index contributed by atoms with van der Waals surface area (Å²) in [5.74, 6) is 0.823. The molecule has 0 spiro atoms. The van der Waals surface area contributed by atoms with E-state index in [-0.39, 0.29) is 12.4 Å². The molecule has 0 aliphatic heterocycles. The molecular weight excluding hydrogens is 459 g/mol. The summed E-state index contributed by atoms with van der Waals surface area (Å²) in [6.45, 7) is 5.04. The second-order valence-electron chi connectivity index (χ2n) is 7.24. The molecule has 6 nitrogen and oxygen atoms in total. The largest absolute Gasteiger partial charge is 0.490 e. The molecule has 1 amide bonds. The normalized spacial score (nSPS) is 10.8. The summed E-state index contributed by atoms with van der Waals surface area (Å²) in [4.78, 5) is 12.6. The van der Waals surface area contributed by atoms with Gasteiger partial charge in [0.05, 0.1) is 19.4 Å². The number of hydrogen-bond acceptors (Lipinski definition) is 5. The monoisotopic (exact) mass is 484 g/mol. The van der Waals surface area contributed by atoms with Crippen molar-refractivity contribution in [3.05, 3.63) is 88.2 Å². The first-order valence-electron chi connectivity index (χ1n) is 10.9. The first-order valence-corrected chi connectivity index (χ1v) is 11.3. The molecule has 0 saturated heterocycles. The van der Waals surface area contributed by atoms with Crippen LogP contribution in [0.25, 0.3) is 0 Å². The SMILES string of the molecule is CCCOc1ccc(C(=O)N/N=C/c2cc(Cl)ccc2OCc2cccc(F)c2)cc1OCC. The van der Waals surface area contributed by atoms with Gasteiger partial charge in [0.25, 0.3) is 5.91 Å². The minimum absolute atomic E-state index is 0.166. The van der Waals surface area contributed by atoms with E-state index in [1.54, 1.807) is 48.5 Å². The van der Waals surface area contributed by atoms with Crippen LogP contribution in [0.5, 0.6) is 17.2 Å². The van der Waals surface area contributed by atoms with Gasteiger partial charge in [0, 0.05) is 16.1 Å². The molecule has 3 rings (SSSR count). The molecule has 34 heavy (non-hydrogen) atoms. The van der Waals surface area contributed by atoms with Crippen molar-refractivity contribution in [2.75, 3.05) is 13.2 Å². The van der Waals surface area contributed by atoms with Crippen LogP contribution in [0.15, 0.2) is 65.8 Å². The summed E-state index contributed by atoms with van der Waals surface area (Å²) < 4.78 is 30.5. The molecule has 1 N–H and O–H groups in total. The maximum Gasteiger partial charge on any atom is 0.271 e. The summed E-state index contributed by atoms with van der Waals surface area (Å²) in [6.07, 6.45) is 2.30. The average molecular weight is 485 g/mol. The van der Waals surface area contributed by atoms with E-state index in [1.165, 1.54) is 18.3 Å². The Kier molecular flexibility index (Phi) is 9.29. The molecule has 0 saturated carbocycles. The van der Waals surface area contributed by atoms with E-state index < -0.39 is 5.91 Å². The fourth-order valence-corrected chi connectivity index (χ4v) is 3.19. The van der Waals surface area contributed by atoms with Gasteiger partial charge in [0.2, 0.25) is 0 Å². The summed E-state index contributed by atoms with van der Waals surface area (Å²) in [7, 11) is 0. The van der Waals surface area contributed by atoms with E-state index in [1.807, 2.05) is 13.8 Å². The smallest absolute Gasteiger partial charge is 0.271 e. The fraction of sp³-hybridized carbons (Fsp3) is 0.231. The molecule has 0 bridgehead atoms. The molecule has 0 fully saturated rings. The van der Waals surface area contributed by atoms with Gasteiger partial charge >= 0.3 is 0 Å². The summed E-state index contributed by atoms with van der Waals surface area (Å²) in [5.41, 5.74) is 4.11. The van der Waals surface area contributed by atoms with E-state index in [0.717, 1.165) is 6.42 Å². The maximum absolute atomic E-state index is 13.4. The molecule has 0 aliphatic rings. The van der Waals surface area contributed by atoms with Crippen LogP contribution in [0.2, 0.25) is 5.02 Å². The van der Waals surface area contributed by atoms with Gasteiger partial charge in [0.1, 0.15) is 18.2 Å². The van der Waals surface area contributed by atoms with Gasteiger partial charge in [-0.15, -0.1) is 0 Å². The third kappa shape index (κ3) is 7.22. The van der Waals surface area contributed by atoms with Gasteiger partial charge in [0.15, 0.2) is 11.5 Å². The number of rotatable bonds is 11. The first kappa shape index (κ1) is 25.1. The highest BCUT2D eigenvalue weighted by Gasteiger charge is 2.12. The van der Waals surface area contributed by atoms with E-state index in [2.05, 4.69) is 10.5 Å². The Hall–Kier alpha value is -3.58. The number of ether oxygens (including phenoxy) is 3. The third-order valence-electron chi connectivity index (χ3n) is 4.59. The Morgan fingerprint density at radius 1 is 1.00 bits per heavy atom. The van der Waals surface area contributed by atoms with Crippen molar-refractivity contribution in [3.8, 4) is 17.2 Å². The van der Waals surface area contributed by atoms with Crippen molar-refractivity contribution in [2.45, 2.75) is 26.9 Å². The maximum atomic E-state index is 13.4. The molecule has 0 unspecified atom stereocenters. The number of carbonyl (C=O) groups is 1. The van der Waals surface area contributed by atoms with Crippen molar-refractivity contribution >= 4 is 23.7 Å².